The molecule has 130 valence electrons. The monoisotopic (exact) mass is 312 g/mol. The Morgan fingerprint density at radius 3 is 2.36 bits per heavy atom. The van der Waals surface area contributed by atoms with Crippen molar-refractivity contribution >= 4 is 0 Å². The normalized spacial score (nSPS) is 27.4. The molecule has 0 bridgehead atoms. The van der Waals surface area contributed by atoms with Gasteiger partial charge in [0, 0.05) is 26.2 Å². The van der Waals surface area contributed by atoms with Crippen LogP contribution in [-0.4, -0.2) is 74.0 Å². The third-order valence-electron chi connectivity index (χ3n) is 4.87. The Morgan fingerprint density at radius 2 is 1.68 bits per heavy atom. The molecule has 4 nitrogen and oxygen atoms in total. The van der Waals surface area contributed by atoms with Crippen molar-refractivity contribution in [3.05, 3.63) is 0 Å². The van der Waals surface area contributed by atoms with Crippen molar-refractivity contribution in [2.75, 3.05) is 39.8 Å². The van der Waals surface area contributed by atoms with Gasteiger partial charge in [0.15, 0.2) is 0 Å². The summed E-state index contributed by atoms with van der Waals surface area (Å²) in [6.07, 6.45) is 7.63. The van der Waals surface area contributed by atoms with Crippen LogP contribution in [0.15, 0.2) is 0 Å². The topological polar surface area (TPSA) is 24.9 Å². The van der Waals surface area contributed by atoms with Crippen LogP contribution in [0.5, 0.6) is 0 Å². The van der Waals surface area contributed by atoms with Crippen LogP contribution in [-0.2, 0) is 9.47 Å². The van der Waals surface area contributed by atoms with Crippen LogP contribution in [0.4, 0.5) is 0 Å². The maximum absolute atomic E-state index is 6.24. The van der Waals surface area contributed by atoms with Crippen LogP contribution >= 0.6 is 0 Å². The number of nitrogens with zero attached hydrogens (tertiary/aromatic N) is 2. The summed E-state index contributed by atoms with van der Waals surface area (Å²) < 4.78 is 12.2. The Morgan fingerprint density at radius 1 is 0.955 bits per heavy atom. The van der Waals surface area contributed by atoms with Gasteiger partial charge in [-0.15, -0.1) is 0 Å². The van der Waals surface area contributed by atoms with Crippen LogP contribution in [0.2, 0.25) is 0 Å². The summed E-state index contributed by atoms with van der Waals surface area (Å²) in [5, 5.41) is 0. The Kier molecular flexibility index (Phi) is 7.61. The zero-order chi connectivity index (χ0) is 15.9. The molecule has 2 rings (SSSR count). The first-order chi connectivity index (χ1) is 10.5. The predicted octanol–water partition coefficient (Wildman–Crippen LogP) is 2.77. The first kappa shape index (κ1) is 18.2. The molecule has 2 saturated heterocycles. The number of hydrogen-bond acceptors (Lipinski definition) is 4. The van der Waals surface area contributed by atoms with E-state index < -0.39 is 0 Å². The highest BCUT2D eigenvalue weighted by Crippen LogP contribution is 2.18. The van der Waals surface area contributed by atoms with Gasteiger partial charge in [-0.3, -0.25) is 0 Å². The molecular weight excluding hydrogens is 276 g/mol. The Hall–Kier alpha value is -0.160. The molecule has 0 aliphatic carbocycles. The largest absolute Gasteiger partial charge is 0.375 e. The van der Waals surface area contributed by atoms with Gasteiger partial charge in [-0.1, -0.05) is 0 Å². The molecule has 0 aromatic heterocycles. The van der Waals surface area contributed by atoms with Gasteiger partial charge < -0.3 is 19.3 Å². The molecule has 0 radical (unpaired) electrons. The van der Waals surface area contributed by atoms with Crippen molar-refractivity contribution in [2.45, 2.75) is 77.3 Å². The standard InChI is InChI=1S/C18H36N2O2/c1-15(2)21-18-6-5-10-20(14-18)13-7-16(3)22-17-8-11-19(4)12-9-17/h15-18H,5-14H2,1-4H3. The molecule has 2 atom stereocenters. The fourth-order valence-electron chi connectivity index (χ4n) is 3.59. The second-order valence-corrected chi connectivity index (χ2v) is 7.49. The summed E-state index contributed by atoms with van der Waals surface area (Å²) in [5.41, 5.74) is 0. The van der Waals surface area contributed by atoms with Crippen molar-refractivity contribution in [1.82, 2.24) is 9.80 Å². The van der Waals surface area contributed by atoms with Gasteiger partial charge in [-0.25, -0.2) is 0 Å². The highest BCUT2D eigenvalue weighted by Gasteiger charge is 2.23. The van der Waals surface area contributed by atoms with Gasteiger partial charge in [0.2, 0.25) is 0 Å². The lowest BCUT2D eigenvalue weighted by molar-refractivity contribution is -0.0503. The molecule has 2 aliphatic rings. The Bertz CT molecular complexity index is 303. The maximum atomic E-state index is 6.24. The van der Waals surface area contributed by atoms with Gasteiger partial charge in [0.1, 0.15) is 0 Å². The molecule has 2 heterocycles. The van der Waals surface area contributed by atoms with E-state index in [0.29, 0.717) is 24.4 Å². The molecule has 0 N–H and O–H groups in total. The lowest BCUT2D eigenvalue weighted by atomic mass is 10.1. The minimum Gasteiger partial charge on any atom is -0.375 e. The molecule has 0 amide bonds. The number of piperidine rings is 2. The molecule has 0 aromatic rings. The van der Waals surface area contributed by atoms with Crippen molar-refractivity contribution in [1.29, 1.82) is 0 Å². The van der Waals surface area contributed by atoms with Crippen LogP contribution in [0.3, 0.4) is 0 Å². The van der Waals surface area contributed by atoms with Gasteiger partial charge in [0.05, 0.1) is 24.4 Å². The van der Waals surface area contributed by atoms with Crippen molar-refractivity contribution in [3.8, 4) is 0 Å². The van der Waals surface area contributed by atoms with E-state index >= 15 is 0 Å². The first-order valence-electron chi connectivity index (χ1n) is 9.24. The molecule has 0 saturated carbocycles. The number of hydrogen-bond donors (Lipinski definition) is 0. The molecule has 2 fully saturated rings. The quantitative estimate of drug-likeness (QED) is 0.722. The van der Waals surface area contributed by atoms with E-state index in [4.69, 9.17) is 9.47 Å². The third kappa shape index (κ3) is 6.53. The smallest absolute Gasteiger partial charge is 0.0705 e. The third-order valence-corrected chi connectivity index (χ3v) is 4.87. The zero-order valence-electron chi connectivity index (χ0n) is 15.1. The summed E-state index contributed by atoms with van der Waals surface area (Å²) in [5.74, 6) is 0. The Balaban J connectivity index is 1.62. The highest BCUT2D eigenvalue weighted by atomic mass is 16.5. The average Bonchev–Trinajstić information content (AvgIpc) is 2.47. The van der Waals surface area contributed by atoms with Gasteiger partial charge in [-0.05, 0) is 66.5 Å². The SMILES string of the molecule is CC(C)OC1CCCN(CCC(C)OC2CCN(C)CC2)C1. The zero-order valence-corrected chi connectivity index (χ0v) is 15.1. The average molecular weight is 312 g/mol. The van der Waals surface area contributed by atoms with E-state index in [2.05, 4.69) is 37.6 Å². The van der Waals surface area contributed by atoms with Crippen LogP contribution in [0.1, 0.15) is 52.9 Å². The highest BCUT2D eigenvalue weighted by molar-refractivity contribution is 4.75. The van der Waals surface area contributed by atoms with E-state index in [0.717, 1.165) is 19.5 Å². The number of ether oxygens (including phenoxy) is 2. The minimum atomic E-state index is 0.344. The minimum absolute atomic E-state index is 0.344. The van der Waals surface area contributed by atoms with E-state index in [9.17, 15) is 0 Å². The number of likely N-dealkylation sites (tertiary alicyclic amines) is 2. The maximum Gasteiger partial charge on any atom is 0.0705 e. The second kappa shape index (κ2) is 9.21. The summed E-state index contributed by atoms with van der Waals surface area (Å²) in [6.45, 7) is 12.3. The van der Waals surface area contributed by atoms with Crippen molar-refractivity contribution < 1.29 is 9.47 Å². The molecule has 22 heavy (non-hydrogen) atoms. The molecule has 2 aliphatic heterocycles. The van der Waals surface area contributed by atoms with E-state index in [1.54, 1.807) is 0 Å². The summed E-state index contributed by atoms with van der Waals surface area (Å²) in [4.78, 5) is 4.96. The summed E-state index contributed by atoms with van der Waals surface area (Å²) in [7, 11) is 2.20. The molecule has 2 unspecified atom stereocenters. The van der Waals surface area contributed by atoms with E-state index in [-0.39, 0.29) is 0 Å². The van der Waals surface area contributed by atoms with Gasteiger partial charge in [-0.2, -0.15) is 0 Å². The Labute approximate surface area is 137 Å². The lowest BCUT2D eigenvalue weighted by Crippen LogP contribution is -2.42. The predicted molar refractivity (Wildman–Crippen MR) is 91.4 cm³/mol. The van der Waals surface area contributed by atoms with E-state index in [1.807, 2.05) is 0 Å². The van der Waals surface area contributed by atoms with Crippen molar-refractivity contribution in [2.24, 2.45) is 0 Å². The molecule has 4 heteroatoms. The van der Waals surface area contributed by atoms with Gasteiger partial charge >= 0.3 is 0 Å². The molecular formula is C18H36N2O2. The number of rotatable bonds is 7. The first-order valence-corrected chi connectivity index (χ1v) is 9.24. The molecule has 0 spiro atoms. The van der Waals surface area contributed by atoms with Crippen LogP contribution in [0, 0.1) is 0 Å². The fraction of sp³-hybridized carbons (Fsp3) is 1.00. The second-order valence-electron chi connectivity index (χ2n) is 7.49. The fourth-order valence-corrected chi connectivity index (χ4v) is 3.59. The lowest BCUT2D eigenvalue weighted by Gasteiger charge is -2.35. The van der Waals surface area contributed by atoms with Crippen LogP contribution in [0.25, 0.3) is 0 Å². The van der Waals surface area contributed by atoms with Gasteiger partial charge in [0.25, 0.3) is 0 Å². The summed E-state index contributed by atoms with van der Waals surface area (Å²) >= 11 is 0. The van der Waals surface area contributed by atoms with E-state index in [1.165, 1.54) is 45.3 Å². The van der Waals surface area contributed by atoms with Crippen LogP contribution < -0.4 is 0 Å². The molecule has 0 aromatic carbocycles. The van der Waals surface area contributed by atoms with Crippen molar-refractivity contribution in [3.63, 3.8) is 0 Å². The summed E-state index contributed by atoms with van der Waals surface area (Å²) in [6, 6.07) is 0.